The number of carbonyl (C=O) groups is 1. The molecule has 2 aliphatic rings. The highest BCUT2D eigenvalue weighted by Crippen LogP contribution is 2.48. The molecule has 1 aromatic rings. The van der Waals surface area contributed by atoms with Crippen LogP contribution in [0, 0.1) is 24.7 Å². The Morgan fingerprint density at radius 1 is 1.22 bits per heavy atom. The van der Waals surface area contributed by atoms with E-state index in [0.29, 0.717) is 18.3 Å². The minimum absolute atomic E-state index is 0.105. The Morgan fingerprint density at radius 3 is 2.72 bits per heavy atom. The zero-order chi connectivity index (χ0) is 23.3. The van der Waals surface area contributed by atoms with Crippen molar-refractivity contribution in [1.82, 2.24) is 4.90 Å². The van der Waals surface area contributed by atoms with Crippen LogP contribution in [0.3, 0.4) is 0 Å². The highest BCUT2D eigenvalue weighted by atomic mass is 16.3. The van der Waals surface area contributed by atoms with Crippen molar-refractivity contribution in [3.8, 4) is 0 Å². The van der Waals surface area contributed by atoms with E-state index in [4.69, 9.17) is 0 Å². The van der Waals surface area contributed by atoms with Crippen LogP contribution in [-0.2, 0) is 11.2 Å². The summed E-state index contributed by atoms with van der Waals surface area (Å²) in [6, 6.07) is 8.73. The van der Waals surface area contributed by atoms with Gasteiger partial charge in [0.1, 0.15) is 0 Å². The lowest BCUT2D eigenvalue weighted by Crippen LogP contribution is -2.42. The highest BCUT2D eigenvalue weighted by Gasteiger charge is 2.43. The van der Waals surface area contributed by atoms with Gasteiger partial charge in [-0.25, -0.2) is 0 Å². The molecule has 0 radical (unpaired) electrons. The van der Waals surface area contributed by atoms with Gasteiger partial charge in [-0.15, -0.1) is 0 Å². The lowest BCUT2D eigenvalue weighted by molar-refractivity contribution is -0.134. The average Bonchev–Trinajstić information content (AvgIpc) is 3.24. The van der Waals surface area contributed by atoms with Gasteiger partial charge in [0, 0.05) is 24.9 Å². The lowest BCUT2D eigenvalue weighted by atomic mass is 9.88. The largest absolute Gasteiger partial charge is 0.392 e. The highest BCUT2D eigenvalue weighted by molar-refractivity contribution is 5.76. The molecule has 0 bridgehead atoms. The number of allylic oxidation sites excluding steroid dienone is 3. The van der Waals surface area contributed by atoms with Gasteiger partial charge >= 0.3 is 0 Å². The van der Waals surface area contributed by atoms with Crippen LogP contribution in [0.15, 0.2) is 48.1 Å². The van der Waals surface area contributed by atoms with Crippen LogP contribution in [0.5, 0.6) is 0 Å². The third kappa shape index (κ3) is 6.57. The number of amides is 1. The number of aliphatic hydroxyl groups excluding tert-OH is 1. The Labute approximate surface area is 195 Å². The zero-order valence-corrected chi connectivity index (χ0v) is 20.8. The second kappa shape index (κ2) is 10.8. The molecular weight excluding hydrogens is 394 g/mol. The Kier molecular flexibility index (Phi) is 8.38. The fourth-order valence-corrected chi connectivity index (χ4v) is 5.33. The van der Waals surface area contributed by atoms with Gasteiger partial charge in [0.15, 0.2) is 0 Å². The number of benzene rings is 1. The number of aliphatic hydroxyl groups is 1. The second-order valence-electron chi connectivity index (χ2n) is 11.0. The average molecular weight is 438 g/mol. The van der Waals surface area contributed by atoms with Gasteiger partial charge in [-0.05, 0) is 90.0 Å². The summed E-state index contributed by atoms with van der Waals surface area (Å²) >= 11 is 0. The summed E-state index contributed by atoms with van der Waals surface area (Å²) < 4.78 is 0. The molecule has 3 heteroatoms. The lowest BCUT2D eigenvalue weighted by Gasteiger charge is -2.32. The molecule has 3 rings (SSSR count). The van der Waals surface area contributed by atoms with Crippen molar-refractivity contribution >= 4 is 5.91 Å². The molecule has 0 aromatic heterocycles. The zero-order valence-electron chi connectivity index (χ0n) is 20.8. The summed E-state index contributed by atoms with van der Waals surface area (Å²) in [7, 11) is 1.91. The maximum atomic E-state index is 12.3. The van der Waals surface area contributed by atoms with Crippen molar-refractivity contribution in [2.75, 3.05) is 7.05 Å². The van der Waals surface area contributed by atoms with Crippen LogP contribution in [0.2, 0.25) is 0 Å². The molecule has 1 aromatic carbocycles. The molecule has 1 amide bonds. The molecule has 0 aliphatic heterocycles. The molecule has 32 heavy (non-hydrogen) atoms. The molecule has 1 saturated carbocycles. The number of unbranched alkanes of at least 4 members (excludes halogenated alkanes) is 1. The molecule has 3 nitrogen and oxygen atoms in total. The Bertz CT molecular complexity index is 832. The summed E-state index contributed by atoms with van der Waals surface area (Å²) in [5.41, 5.74) is 4.14. The fourth-order valence-electron chi connectivity index (χ4n) is 5.33. The standard InChI is InChI=1S/C29H43NO2/c1-21-11-10-14-22(17-21)12-6-8-15-25-26-19-23(18-24(26)20-27(25)31)13-7-9-16-28(32)30(5)29(2,3)4/h8,10-11,14-15,17-18,24-27,31H,6-7,9,12-13,16,19-20H2,1-5H3/t24-,25+,26-,27+/m0/s1. The van der Waals surface area contributed by atoms with Crippen LogP contribution >= 0.6 is 0 Å². The Morgan fingerprint density at radius 2 is 2.00 bits per heavy atom. The quantitative estimate of drug-likeness (QED) is 0.367. The van der Waals surface area contributed by atoms with E-state index in [0.717, 1.165) is 44.9 Å². The Balaban J connectivity index is 1.41. The second-order valence-corrected chi connectivity index (χ2v) is 11.0. The summed E-state index contributed by atoms with van der Waals surface area (Å²) in [4.78, 5) is 14.2. The maximum Gasteiger partial charge on any atom is 0.222 e. The Hall–Kier alpha value is -1.87. The van der Waals surface area contributed by atoms with E-state index in [-0.39, 0.29) is 23.5 Å². The van der Waals surface area contributed by atoms with Gasteiger partial charge < -0.3 is 10.0 Å². The first-order valence-electron chi connectivity index (χ1n) is 12.5. The maximum absolute atomic E-state index is 12.3. The summed E-state index contributed by atoms with van der Waals surface area (Å²) in [5.74, 6) is 1.62. The van der Waals surface area contributed by atoms with E-state index in [9.17, 15) is 9.90 Å². The minimum Gasteiger partial charge on any atom is -0.392 e. The third-order valence-electron chi connectivity index (χ3n) is 7.51. The van der Waals surface area contributed by atoms with E-state index < -0.39 is 0 Å². The van der Waals surface area contributed by atoms with Gasteiger partial charge in [-0.2, -0.15) is 0 Å². The number of rotatable bonds is 9. The molecule has 0 saturated heterocycles. The number of fused-ring (bicyclic) bond motifs is 1. The molecular formula is C29H43NO2. The molecule has 1 fully saturated rings. The summed E-state index contributed by atoms with van der Waals surface area (Å²) in [6.45, 7) is 8.37. The van der Waals surface area contributed by atoms with Crippen molar-refractivity contribution in [3.63, 3.8) is 0 Å². The molecule has 4 atom stereocenters. The number of nitrogens with zero attached hydrogens (tertiary/aromatic N) is 1. The monoisotopic (exact) mass is 437 g/mol. The molecule has 1 N–H and O–H groups in total. The normalized spacial score (nSPS) is 25.2. The first-order chi connectivity index (χ1) is 15.1. The summed E-state index contributed by atoms with van der Waals surface area (Å²) in [6.07, 6.45) is 14.7. The first kappa shape index (κ1) is 24.8. The van der Waals surface area contributed by atoms with Gasteiger partial charge in [0.05, 0.1) is 6.10 Å². The predicted octanol–water partition coefficient (Wildman–Crippen LogP) is 6.24. The van der Waals surface area contributed by atoms with E-state index >= 15 is 0 Å². The molecule has 0 spiro atoms. The van der Waals surface area contributed by atoms with Crippen molar-refractivity contribution in [3.05, 3.63) is 59.2 Å². The van der Waals surface area contributed by atoms with E-state index in [2.05, 4.69) is 70.2 Å². The van der Waals surface area contributed by atoms with E-state index in [1.165, 1.54) is 11.1 Å². The summed E-state index contributed by atoms with van der Waals surface area (Å²) in [5, 5.41) is 10.6. The molecule has 0 unspecified atom stereocenters. The van der Waals surface area contributed by atoms with Crippen LogP contribution in [0.1, 0.15) is 76.8 Å². The number of hydrogen-bond acceptors (Lipinski definition) is 2. The van der Waals surface area contributed by atoms with Gasteiger partial charge in [0.25, 0.3) is 0 Å². The molecule has 2 aliphatic carbocycles. The minimum atomic E-state index is -0.205. The van der Waals surface area contributed by atoms with Crippen molar-refractivity contribution < 1.29 is 9.90 Å². The first-order valence-corrected chi connectivity index (χ1v) is 12.5. The smallest absolute Gasteiger partial charge is 0.222 e. The van der Waals surface area contributed by atoms with E-state index in [1.54, 1.807) is 5.57 Å². The third-order valence-corrected chi connectivity index (χ3v) is 7.51. The van der Waals surface area contributed by atoms with Gasteiger partial charge in [-0.1, -0.05) is 53.6 Å². The van der Waals surface area contributed by atoms with Crippen LogP contribution in [-0.4, -0.2) is 34.6 Å². The van der Waals surface area contributed by atoms with Crippen LogP contribution in [0.4, 0.5) is 0 Å². The fraction of sp³-hybridized carbons (Fsp3) is 0.621. The number of carbonyl (C=O) groups excluding carboxylic acids is 1. The van der Waals surface area contributed by atoms with Gasteiger partial charge in [-0.3, -0.25) is 4.79 Å². The van der Waals surface area contributed by atoms with E-state index in [1.807, 2.05) is 11.9 Å². The topological polar surface area (TPSA) is 40.5 Å². The van der Waals surface area contributed by atoms with Crippen LogP contribution < -0.4 is 0 Å². The molecule has 176 valence electrons. The van der Waals surface area contributed by atoms with Crippen molar-refractivity contribution in [1.29, 1.82) is 0 Å². The van der Waals surface area contributed by atoms with Crippen molar-refractivity contribution in [2.45, 2.75) is 90.7 Å². The SMILES string of the molecule is Cc1cccc(CCC=C[C@@H]2[C@H]3CC(CCCCC(=O)N(C)C(C)(C)C)=C[C@H]3C[C@H]2O)c1. The van der Waals surface area contributed by atoms with Gasteiger partial charge in [0.2, 0.25) is 5.91 Å². The van der Waals surface area contributed by atoms with Crippen LogP contribution in [0.25, 0.3) is 0 Å². The molecule has 0 heterocycles. The number of aryl methyl sites for hydroxylation is 2. The number of hydrogen-bond donors (Lipinski definition) is 1. The predicted molar refractivity (Wildman–Crippen MR) is 133 cm³/mol. The van der Waals surface area contributed by atoms with Crippen molar-refractivity contribution in [2.24, 2.45) is 17.8 Å².